The lowest BCUT2D eigenvalue weighted by molar-refractivity contribution is 0.0800. The summed E-state index contributed by atoms with van der Waals surface area (Å²) in [5.41, 5.74) is 7.80. The standard InChI is InChI=1S/C21H26N4O3/c22-13-19-12-18(6-9-23-19)20(26)24-14-16-7-10-25(11-8-16)21(27)28-15-17-4-2-1-3-5-17/h1-6,9,12,16H,7-8,10-11,13-15,22H2,(H,24,26). The minimum atomic E-state index is -0.280. The van der Waals surface area contributed by atoms with Crippen LogP contribution >= 0.6 is 0 Å². The zero-order valence-electron chi connectivity index (χ0n) is 15.8. The van der Waals surface area contributed by atoms with E-state index in [2.05, 4.69) is 10.3 Å². The first kappa shape index (κ1) is 19.8. The molecule has 2 aromatic rings. The molecule has 3 N–H and O–H groups in total. The van der Waals surface area contributed by atoms with E-state index in [9.17, 15) is 9.59 Å². The Morgan fingerprint density at radius 1 is 1.18 bits per heavy atom. The third-order valence-corrected chi connectivity index (χ3v) is 4.92. The summed E-state index contributed by atoms with van der Waals surface area (Å²) in [7, 11) is 0. The minimum absolute atomic E-state index is 0.123. The van der Waals surface area contributed by atoms with Crippen LogP contribution in [0.3, 0.4) is 0 Å². The van der Waals surface area contributed by atoms with Crippen LogP contribution in [0, 0.1) is 5.92 Å². The van der Waals surface area contributed by atoms with Crippen LogP contribution in [0.1, 0.15) is 34.5 Å². The Bertz CT molecular complexity index is 789. The largest absolute Gasteiger partial charge is 0.445 e. The molecule has 0 unspecified atom stereocenters. The molecule has 7 nitrogen and oxygen atoms in total. The third-order valence-electron chi connectivity index (χ3n) is 4.92. The molecule has 3 rings (SSSR count). The highest BCUT2D eigenvalue weighted by molar-refractivity contribution is 5.94. The highest BCUT2D eigenvalue weighted by atomic mass is 16.6. The fourth-order valence-electron chi connectivity index (χ4n) is 3.20. The summed E-state index contributed by atoms with van der Waals surface area (Å²) in [4.78, 5) is 30.3. The second-order valence-corrected chi connectivity index (χ2v) is 6.92. The van der Waals surface area contributed by atoms with Gasteiger partial charge in [0.25, 0.3) is 5.91 Å². The molecule has 148 valence electrons. The lowest BCUT2D eigenvalue weighted by Crippen LogP contribution is -2.41. The fourth-order valence-corrected chi connectivity index (χ4v) is 3.20. The Balaban J connectivity index is 1.39. The van der Waals surface area contributed by atoms with Crippen LogP contribution in [0.15, 0.2) is 48.7 Å². The molecule has 0 spiro atoms. The molecular formula is C21H26N4O3. The Morgan fingerprint density at radius 3 is 2.64 bits per heavy atom. The van der Waals surface area contributed by atoms with Crippen LogP contribution in [0.4, 0.5) is 4.79 Å². The molecule has 2 amide bonds. The van der Waals surface area contributed by atoms with Crippen molar-refractivity contribution < 1.29 is 14.3 Å². The van der Waals surface area contributed by atoms with E-state index in [-0.39, 0.29) is 18.6 Å². The van der Waals surface area contributed by atoms with E-state index in [1.54, 1.807) is 23.2 Å². The van der Waals surface area contributed by atoms with E-state index in [1.807, 2.05) is 30.3 Å². The average molecular weight is 382 g/mol. The van der Waals surface area contributed by atoms with Gasteiger partial charge >= 0.3 is 6.09 Å². The molecule has 0 bridgehead atoms. The lowest BCUT2D eigenvalue weighted by atomic mass is 9.97. The van der Waals surface area contributed by atoms with Crippen LogP contribution in [0.2, 0.25) is 0 Å². The summed E-state index contributed by atoms with van der Waals surface area (Å²) in [5.74, 6) is 0.222. The molecule has 1 aromatic heterocycles. The van der Waals surface area contributed by atoms with Crippen molar-refractivity contribution >= 4 is 12.0 Å². The number of carbonyl (C=O) groups is 2. The van der Waals surface area contributed by atoms with Crippen LogP contribution in [0.25, 0.3) is 0 Å². The van der Waals surface area contributed by atoms with Gasteiger partial charge in [-0.2, -0.15) is 0 Å². The number of piperidine rings is 1. The number of nitrogens with one attached hydrogen (secondary N) is 1. The first-order chi connectivity index (χ1) is 13.7. The van der Waals surface area contributed by atoms with E-state index in [0.29, 0.717) is 43.4 Å². The van der Waals surface area contributed by atoms with E-state index in [4.69, 9.17) is 10.5 Å². The number of rotatable bonds is 6. The van der Waals surface area contributed by atoms with Crippen LogP contribution < -0.4 is 11.1 Å². The maximum absolute atomic E-state index is 12.3. The zero-order chi connectivity index (χ0) is 19.8. The summed E-state index contributed by atoms with van der Waals surface area (Å²) in [6.45, 7) is 2.46. The Labute approximate surface area is 164 Å². The van der Waals surface area contributed by atoms with Crippen molar-refractivity contribution in [3.63, 3.8) is 0 Å². The first-order valence-electron chi connectivity index (χ1n) is 9.54. The number of pyridine rings is 1. The number of likely N-dealkylation sites (tertiary alicyclic amines) is 1. The molecule has 2 heterocycles. The van der Waals surface area contributed by atoms with Gasteiger partial charge in [-0.15, -0.1) is 0 Å². The quantitative estimate of drug-likeness (QED) is 0.799. The lowest BCUT2D eigenvalue weighted by Gasteiger charge is -2.31. The number of carbonyl (C=O) groups excluding carboxylic acids is 2. The molecule has 0 radical (unpaired) electrons. The second-order valence-electron chi connectivity index (χ2n) is 6.92. The molecule has 28 heavy (non-hydrogen) atoms. The highest BCUT2D eigenvalue weighted by Gasteiger charge is 2.24. The first-order valence-corrected chi connectivity index (χ1v) is 9.54. The van der Waals surface area contributed by atoms with Crippen LogP contribution in [-0.2, 0) is 17.9 Å². The number of hydrogen-bond donors (Lipinski definition) is 2. The zero-order valence-corrected chi connectivity index (χ0v) is 15.8. The van der Waals surface area contributed by atoms with Crippen molar-refractivity contribution in [2.75, 3.05) is 19.6 Å². The average Bonchev–Trinajstić information content (AvgIpc) is 2.77. The van der Waals surface area contributed by atoms with E-state index in [1.165, 1.54) is 0 Å². The van der Waals surface area contributed by atoms with Crippen molar-refractivity contribution in [3.05, 3.63) is 65.5 Å². The summed E-state index contributed by atoms with van der Waals surface area (Å²) < 4.78 is 5.38. The molecule has 1 aliphatic heterocycles. The summed E-state index contributed by atoms with van der Waals surface area (Å²) >= 11 is 0. The van der Waals surface area contributed by atoms with Gasteiger partial charge in [-0.1, -0.05) is 30.3 Å². The molecule has 7 heteroatoms. The van der Waals surface area contributed by atoms with Gasteiger partial charge in [-0.3, -0.25) is 9.78 Å². The number of hydrogen-bond acceptors (Lipinski definition) is 5. The predicted molar refractivity (Wildman–Crippen MR) is 105 cm³/mol. The van der Waals surface area contributed by atoms with Gasteiger partial charge in [0.1, 0.15) is 6.61 Å². The normalized spacial score (nSPS) is 14.5. The topological polar surface area (TPSA) is 97.6 Å². The molecule has 1 saturated heterocycles. The molecule has 1 aromatic carbocycles. The maximum Gasteiger partial charge on any atom is 0.410 e. The molecule has 0 saturated carbocycles. The van der Waals surface area contributed by atoms with Crippen molar-refractivity contribution in [1.29, 1.82) is 0 Å². The Hall–Kier alpha value is -2.93. The van der Waals surface area contributed by atoms with Crippen molar-refractivity contribution in [2.24, 2.45) is 11.7 Å². The molecule has 1 aliphatic rings. The molecule has 0 atom stereocenters. The number of aromatic nitrogens is 1. The van der Waals surface area contributed by atoms with Crippen LogP contribution in [-0.4, -0.2) is 41.5 Å². The van der Waals surface area contributed by atoms with Crippen molar-refractivity contribution in [1.82, 2.24) is 15.2 Å². The van der Waals surface area contributed by atoms with Crippen molar-refractivity contribution in [3.8, 4) is 0 Å². The van der Waals surface area contributed by atoms with E-state index < -0.39 is 0 Å². The van der Waals surface area contributed by atoms with Gasteiger partial charge < -0.3 is 20.7 Å². The van der Waals surface area contributed by atoms with Gasteiger partial charge in [-0.05, 0) is 36.5 Å². The summed E-state index contributed by atoms with van der Waals surface area (Å²) in [6, 6.07) is 13.0. The van der Waals surface area contributed by atoms with E-state index in [0.717, 1.165) is 18.4 Å². The minimum Gasteiger partial charge on any atom is -0.445 e. The monoisotopic (exact) mass is 382 g/mol. The van der Waals surface area contributed by atoms with Gasteiger partial charge in [0, 0.05) is 37.9 Å². The third kappa shape index (κ3) is 5.53. The molecule has 0 aliphatic carbocycles. The highest BCUT2D eigenvalue weighted by Crippen LogP contribution is 2.18. The Morgan fingerprint density at radius 2 is 1.93 bits per heavy atom. The number of nitrogens with zero attached hydrogens (tertiary/aromatic N) is 2. The van der Waals surface area contributed by atoms with Gasteiger partial charge in [0.15, 0.2) is 0 Å². The summed E-state index contributed by atoms with van der Waals surface area (Å²) in [5, 5.41) is 2.97. The number of amides is 2. The second kappa shape index (κ2) is 9.85. The molecular weight excluding hydrogens is 356 g/mol. The SMILES string of the molecule is NCc1cc(C(=O)NCC2CCN(C(=O)OCc3ccccc3)CC2)ccn1. The fraction of sp³-hybridized carbons (Fsp3) is 0.381. The van der Waals surface area contributed by atoms with Gasteiger partial charge in [0.2, 0.25) is 0 Å². The smallest absolute Gasteiger partial charge is 0.410 e. The van der Waals surface area contributed by atoms with Gasteiger partial charge in [0.05, 0.1) is 5.69 Å². The van der Waals surface area contributed by atoms with Crippen molar-refractivity contribution in [2.45, 2.75) is 26.0 Å². The maximum atomic E-state index is 12.3. The summed E-state index contributed by atoms with van der Waals surface area (Å²) in [6.07, 6.45) is 2.99. The number of ether oxygens (including phenoxy) is 1. The molecule has 1 fully saturated rings. The van der Waals surface area contributed by atoms with E-state index >= 15 is 0 Å². The number of benzene rings is 1. The number of nitrogens with two attached hydrogens (primary N) is 1. The predicted octanol–water partition coefficient (Wildman–Crippen LogP) is 2.32. The van der Waals surface area contributed by atoms with Gasteiger partial charge in [-0.25, -0.2) is 4.79 Å². The van der Waals surface area contributed by atoms with Crippen LogP contribution in [0.5, 0.6) is 0 Å². The Kier molecular flexibility index (Phi) is 6.97.